The normalized spacial score (nSPS) is 30.9. The van der Waals surface area contributed by atoms with Gasteiger partial charge in [-0.25, -0.2) is 0 Å². The molecular formula is C11H19N3O2. The van der Waals surface area contributed by atoms with Crippen molar-refractivity contribution >= 4 is 0 Å². The van der Waals surface area contributed by atoms with E-state index in [0.717, 1.165) is 6.42 Å². The molecule has 0 radical (unpaired) electrons. The van der Waals surface area contributed by atoms with Crippen LogP contribution in [0.4, 0.5) is 0 Å². The fourth-order valence-corrected chi connectivity index (χ4v) is 1.77. The van der Waals surface area contributed by atoms with Gasteiger partial charge in [-0.15, -0.1) is 0 Å². The van der Waals surface area contributed by atoms with E-state index in [1.54, 1.807) is 0 Å². The van der Waals surface area contributed by atoms with Crippen molar-refractivity contribution in [3.63, 3.8) is 0 Å². The summed E-state index contributed by atoms with van der Waals surface area (Å²) in [6.45, 7) is 8.68. The van der Waals surface area contributed by atoms with Gasteiger partial charge < -0.3 is 15.0 Å². The van der Waals surface area contributed by atoms with Crippen LogP contribution in [0.2, 0.25) is 0 Å². The predicted molar refractivity (Wildman–Crippen MR) is 58.9 cm³/mol. The minimum absolute atomic E-state index is 0.0714. The molecule has 2 atom stereocenters. The lowest BCUT2D eigenvalue weighted by molar-refractivity contribution is 0.0918. The average Bonchev–Trinajstić information content (AvgIpc) is 2.74. The first kappa shape index (κ1) is 11.5. The molecule has 16 heavy (non-hydrogen) atoms. The molecule has 1 saturated heterocycles. The first-order valence-electron chi connectivity index (χ1n) is 5.59. The highest BCUT2D eigenvalue weighted by atomic mass is 16.5. The number of rotatable bonds is 1. The van der Waals surface area contributed by atoms with Crippen LogP contribution in [0.3, 0.4) is 0 Å². The molecule has 1 aromatic rings. The van der Waals surface area contributed by atoms with Crippen LogP contribution in [-0.4, -0.2) is 22.9 Å². The van der Waals surface area contributed by atoms with E-state index in [1.807, 2.05) is 27.7 Å². The van der Waals surface area contributed by atoms with Crippen molar-refractivity contribution in [2.45, 2.75) is 51.2 Å². The Balaban J connectivity index is 2.32. The van der Waals surface area contributed by atoms with Crippen molar-refractivity contribution in [2.24, 2.45) is 5.73 Å². The van der Waals surface area contributed by atoms with Crippen LogP contribution >= 0.6 is 0 Å². The Kier molecular flexibility index (Phi) is 2.55. The van der Waals surface area contributed by atoms with Crippen molar-refractivity contribution in [3.8, 4) is 0 Å². The molecule has 0 spiro atoms. The monoisotopic (exact) mass is 225 g/mol. The highest BCUT2D eigenvalue weighted by Crippen LogP contribution is 2.32. The number of aromatic nitrogens is 2. The second kappa shape index (κ2) is 3.53. The summed E-state index contributed by atoms with van der Waals surface area (Å²) < 4.78 is 10.7. The van der Waals surface area contributed by atoms with Gasteiger partial charge in [-0.2, -0.15) is 4.98 Å². The third kappa shape index (κ3) is 1.74. The molecular weight excluding hydrogens is 206 g/mol. The molecule has 0 saturated carbocycles. The highest BCUT2D eigenvalue weighted by molar-refractivity contribution is 5.11. The summed E-state index contributed by atoms with van der Waals surface area (Å²) in [5.41, 5.74) is 5.52. The smallest absolute Gasteiger partial charge is 0.232 e. The molecule has 0 aromatic carbocycles. The van der Waals surface area contributed by atoms with Gasteiger partial charge >= 0.3 is 0 Å². The van der Waals surface area contributed by atoms with Crippen molar-refractivity contribution in [1.29, 1.82) is 0 Å². The van der Waals surface area contributed by atoms with E-state index in [0.29, 0.717) is 18.3 Å². The summed E-state index contributed by atoms with van der Waals surface area (Å²) in [6.07, 6.45) is 0.662. The molecule has 0 aliphatic carbocycles. The van der Waals surface area contributed by atoms with E-state index < -0.39 is 5.54 Å². The SMILES string of the molecule is CC1OCCC1(N)c1noc(C(C)(C)C)n1. The Morgan fingerprint density at radius 3 is 2.56 bits per heavy atom. The van der Waals surface area contributed by atoms with Crippen LogP contribution in [0.1, 0.15) is 45.8 Å². The van der Waals surface area contributed by atoms with Crippen LogP contribution in [0.25, 0.3) is 0 Å². The van der Waals surface area contributed by atoms with Crippen LogP contribution < -0.4 is 5.73 Å². The number of nitrogens with two attached hydrogens (primary N) is 1. The summed E-state index contributed by atoms with van der Waals surface area (Å²) in [7, 11) is 0. The summed E-state index contributed by atoms with van der Waals surface area (Å²) in [5.74, 6) is 1.17. The van der Waals surface area contributed by atoms with E-state index in [-0.39, 0.29) is 11.5 Å². The third-order valence-corrected chi connectivity index (χ3v) is 3.09. The minimum Gasteiger partial charge on any atom is -0.376 e. The van der Waals surface area contributed by atoms with Crippen LogP contribution in [0.5, 0.6) is 0 Å². The molecule has 90 valence electrons. The van der Waals surface area contributed by atoms with Gasteiger partial charge in [0.1, 0.15) is 5.54 Å². The maximum Gasteiger partial charge on any atom is 0.232 e. The molecule has 2 heterocycles. The maximum absolute atomic E-state index is 6.27. The van der Waals surface area contributed by atoms with E-state index in [4.69, 9.17) is 15.0 Å². The standard InChI is InChI=1S/C11H19N3O2/c1-7-11(12,5-6-15-7)8-13-9(16-14-8)10(2,3)4/h7H,5-6,12H2,1-4H3. The Morgan fingerprint density at radius 1 is 1.44 bits per heavy atom. The Bertz CT molecular complexity index is 383. The summed E-state index contributed by atoms with van der Waals surface area (Å²) >= 11 is 0. The zero-order chi connectivity index (χ0) is 12.0. The lowest BCUT2D eigenvalue weighted by atomic mass is 9.92. The molecule has 1 aliphatic heterocycles. The summed E-state index contributed by atoms with van der Waals surface area (Å²) in [6, 6.07) is 0. The number of hydrogen-bond acceptors (Lipinski definition) is 5. The summed E-state index contributed by atoms with van der Waals surface area (Å²) in [4.78, 5) is 4.40. The largest absolute Gasteiger partial charge is 0.376 e. The lowest BCUT2D eigenvalue weighted by Crippen LogP contribution is -2.44. The highest BCUT2D eigenvalue weighted by Gasteiger charge is 2.44. The Labute approximate surface area is 95.3 Å². The van der Waals surface area contributed by atoms with Crippen molar-refractivity contribution in [2.75, 3.05) is 6.61 Å². The predicted octanol–water partition coefficient (Wildman–Crippen LogP) is 1.33. The molecule has 2 unspecified atom stereocenters. The number of hydrogen-bond donors (Lipinski definition) is 1. The zero-order valence-corrected chi connectivity index (χ0v) is 10.3. The molecule has 0 bridgehead atoms. The zero-order valence-electron chi connectivity index (χ0n) is 10.3. The Morgan fingerprint density at radius 2 is 2.12 bits per heavy atom. The molecule has 5 nitrogen and oxygen atoms in total. The topological polar surface area (TPSA) is 74.2 Å². The van der Waals surface area contributed by atoms with Gasteiger partial charge in [-0.05, 0) is 13.3 Å². The molecule has 0 amide bonds. The molecule has 1 fully saturated rings. The average molecular weight is 225 g/mol. The fraction of sp³-hybridized carbons (Fsp3) is 0.818. The van der Waals surface area contributed by atoms with E-state index in [2.05, 4.69) is 10.1 Å². The fourth-order valence-electron chi connectivity index (χ4n) is 1.77. The second-order valence-electron chi connectivity index (χ2n) is 5.48. The number of ether oxygens (including phenoxy) is 1. The molecule has 1 aliphatic rings. The van der Waals surface area contributed by atoms with E-state index >= 15 is 0 Å². The summed E-state index contributed by atoms with van der Waals surface area (Å²) in [5, 5.41) is 4.00. The number of nitrogens with zero attached hydrogens (tertiary/aromatic N) is 2. The van der Waals surface area contributed by atoms with Gasteiger partial charge in [-0.3, -0.25) is 0 Å². The molecule has 2 rings (SSSR count). The van der Waals surface area contributed by atoms with Gasteiger partial charge in [0.15, 0.2) is 5.82 Å². The molecule has 1 aromatic heterocycles. The van der Waals surface area contributed by atoms with Gasteiger partial charge in [0.25, 0.3) is 0 Å². The maximum atomic E-state index is 6.27. The quantitative estimate of drug-likeness (QED) is 0.780. The lowest BCUT2D eigenvalue weighted by Gasteiger charge is -2.23. The van der Waals surface area contributed by atoms with Gasteiger partial charge in [0, 0.05) is 12.0 Å². The van der Waals surface area contributed by atoms with Crippen LogP contribution in [0.15, 0.2) is 4.52 Å². The van der Waals surface area contributed by atoms with Crippen molar-refractivity contribution < 1.29 is 9.26 Å². The third-order valence-electron chi connectivity index (χ3n) is 3.09. The second-order valence-corrected chi connectivity index (χ2v) is 5.48. The van der Waals surface area contributed by atoms with Crippen LogP contribution in [-0.2, 0) is 15.7 Å². The first-order chi connectivity index (χ1) is 7.34. The van der Waals surface area contributed by atoms with Crippen LogP contribution in [0, 0.1) is 0 Å². The Hall–Kier alpha value is -0.940. The van der Waals surface area contributed by atoms with Crippen molar-refractivity contribution in [1.82, 2.24) is 10.1 Å². The van der Waals surface area contributed by atoms with E-state index in [9.17, 15) is 0 Å². The molecule has 5 heteroatoms. The van der Waals surface area contributed by atoms with Gasteiger partial charge in [0.2, 0.25) is 5.89 Å². The van der Waals surface area contributed by atoms with Gasteiger partial charge in [-0.1, -0.05) is 25.9 Å². The first-order valence-corrected chi connectivity index (χ1v) is 5.59. The van der Waals surface area contributed by atoms with Gasteiger partial charge in [0.05, 0.1) is 6.10 Å². The molecule has 2 N–H and O–H groups in total. The minimum atomic E-state index is -0.604. The van der Waals surface area contributed by atoms with Crippen molar-refractivity contribution in [3.05, 3.63) is 11.7 Å². The van der Waals surface area contributed by atoms with E-state index in [1.165, 1.54) is 0 Å².